The molecule has 2 fully saturated rings. The van der Waals surface area contributed by atoms with E-state index in [0.717, 1.165) is 0 Å². The summed E-state index contributed by atoms with van der Waals surface area (Å²) < 4.78 is 94.1. The fourth-order valence-corrected chi connectivity index (χ4v) is 7.16. The Morgan fingerprint density at radius 3 is 1.53 bits per heavy atom. The van der Waals surface area contributed by atoms with Gasteiger partial charge in [-0.2, -0.15) is 0 Å². The molecule has 306 valence electrons. The molecule has 17 nitrogen and oxygen atoms in total. The van der Waals surface area contributed by atoms with Crippen LogP contribution in [-0.4, -0.2) is 153 Å². The molecule has 2 aliphatic heterocycles. The van der Waals surface area contributed by atoms with Gasteiger partial charge in [-0.1, -0.05) is 0 Å². The molecule has 0 N–H and O–H groups in total. The molecule has 3 aromatic rings. The van der Waals surface area contributed by atoms with E-state index in [-0.39, 0.29) is 52.9 Å². The fraction of sp³-hybridized carbons (Fsp3) is 0.605. The molecule has 3 heterocycles. The van der Waals surface area contributed by atoms with Crippen LogP contribution in [0.15, 0.2) is 39.5 Å². The first-order chi connectivity index (χ1) is 26.7. The summed E-state index contributed by atoms with van der Waals surface area (Å²) in [6.45, 7) is 0.396. The number of hydrogen-bond donors (Lipinski definition) is 0. The molecule has 0 radical (unpaired) electrons. The molecule has 5 rings (SSSR count). The van der Waals surface area contributed by atoms with Gasteiger partial charge in [0.25, 0.3) is 0 Å². The minimum atomic E-state index is -1.05. The van der Waals surface area contributed by atoms with Crippen molar-refractivity contribution in [3.05, 3.63) is 40.6 Å². The standard InChI is InChI=1S/C38H52O17/c1-40-17-26-29(44-5)33(47-8)35(49-10)37(53-26)52-23-14-19(12-13-21(23)42-3)22-15-20(39)28-24(51-22)16-25(43-4)31(32(28)46-7)55-38-36(50-11)34(48-9)30(45-6)27(54-38)18-41-2/h12-16,26-27,29-30,33-38H,17-18H2,1-11H3/t26-,27-,29-,30-,33+,34+,35-,36-,37-,38+/m1/s1. The Morgan fingerprint density at radius 2 is 1.05 bits per heavy atom. The van der Waals surface area contributed by atoms with Gasteiger partial charge >= 0.3 is 0 Å². The molecule has 55 heavy (non-hydrogen) atoms. The van der Waals surface area contributed by atoms with Crippen LogP contribution < -0.4 is 29.1 Å². The highest BCUT2D eigenvalue weighted by Gasteiger charge is 2.50. The predicted molar refractivity (Wildman–Crippen MR) is 195 cm³/mol. The van der Waals surface area contributed by atoms with Crippen molar-refractivity contribution in [2.75, 3.05) is 91.4 Å². The molecular formula is C38H52O17. The zero-order valence-corrected chi connectivity index (χ0v) is 33.0. The number of ether oxygens (including phenoxy) is 15. The topological polar surface area (TPSA) is 169 Å². The minimum absolute atomic E-state index is 0.0608. The number of methoxy groups -OCH3 is 11. The average Bonchev–Trinajstić information content (AvgIpc) is 3.20. The molecule has 0 unspecified atom stereocenters. The van der Waals surface area contributed by atoms with Crippen LogP contribution in [0.5, 0.6) is 28.7 Å². The van der Waals surface area contributed by atoms with E-state index >= 15 is 0 Å². The Kier molecular flexibility index (Phi) is 15.0. The summed E-state index contributed by atoms with van der Waals surface area (Å²) in [5.41, 5.74) is 0.224. The van der Waals surface area contributed by atoms with E-state index < -0.39 is 66.8 Å². The number of hydrogen-bond acceptors (Lipinski definition) is 17. The highest BCUT2D eigenvalue weighted by atomic mass is 16.7. The lowest BCUT2D eigenvalue weighted by atomic mass is 9.98. The van der Waals surface area contributed by atoms with Crippen LogP contribution in [0.1, 0.15) is 0 Å². The largest absolute Gasteiger partial charge is 0.493 e. The monoisotopic (exact) mass is 780 g/mol. The Bertz CT molecular complexity index is 1750. The molecule has 10 atom stereocenters. The molecule has 2 aromatic carbocycles. The second-order valence-corrected chi connectivity index (χ2v) is 12.6. The zero-order chi connectivity index (χ0) is 39.8. The lowest BCUT2D eigenvalue weighted by molar-refractivity contribution is -0.292. The molecule has 2 aliphatic rings. The summed E-state index contributed by atoms with van der Waals surface area (Å²) in [5.74, 6) is 1.23. The second kappa shape index (κ2) is 19.4. The van der Waals surface area contributed by atoms with Crippen molar-refractivity contribution in [2.45, 2.75) is 61.4 Å². The number of rotatable bonds is 18. The van der Waals surface area contributed by atoms with E-state index in [4.69, 9.17) is 75.5 Å². The normalized spacial score (nSPS) is 28.2. The Morgan fingerprint density at radius 1 is 0.527 bits per heavy atom. The van der Waals surface area contributed by atoms with E-state index in [1.54, 1.807) is 60.9 Å². The number of benzene rings is 2. The molecule has 0 spiro atoms. The maximum absolute atomic E-state index is 14.0. The van der Waals surface area contributed by atoms with Crippen molar-refractivity contribution in [3.63, 3.8) is 0 Å². The third-order valence-electron chi connectivity index (χ3n) is 9.72. The average molecular weight is 781 g/mol. The third kappa shape index (κ3) is 8.51. The molecule has 0 bridgehead atoms. The molecule has 1 aromatic heterocycles. The minimum Gasteiger partial charge on any atom is -0.493 e. The summed E-state index contributed by atoms with van der Waals surface area (Å²) in [6.07, 6.45) is -6.77. The van der Waals surface area contributed by atoms with E-state index in [0.29, 0.717) is 11.3 Å². The molecule has 17 heteroatoms. The van der Waals surface area contributed by atoms with Gasteiger partial charge in [0.2, 0.25) is 18.3 Å². The van der Waals surface area contributed by atoms with Gasteiger partial charge < -0.3 is 75.5 Å². The van der Waals surface area contributed by atoms with Crippen LogP contribution in [0.3, 0.4) is 0 Å². The Hall–Kier alpha value is -3.75. The van der Waals surface area contributed by atoms with Gasteiger partial charge in [0.05, 0.1) is 34.5 Å². The van der Waals surface area contributed by atoms with Gasteiger partial charge in [-0.15, -0.1) is 0 Å². The smallest absolute Gasteiger partial charge is 0.229 e. The van der Waals surface area contributed by atoms with Crippen molar-refractivity contribution in [1.82, 2.24) is 0 Å². The van der Waals surface area contributed by atoms with Crippen LogP contribution in [0.25, 0.3) is 22.3 Å². The van der Waals surface area contributed by atoms with Crippen molar-refractivity contribution in [1.29, 1.82) is 0 Å². The van der Waals surface area contributed by atoms with Gasteiger partial charge in [0, 0.05) is 74.6 Å². The van der Waals surface area contributed by atoms with E-state index in [2.05, 4.69) is 0 Å². The van der Waals surface area contributed by atoms with Gasteiger partial charge in [-0.3, -0.25) is 4.79 Å². The molecule has 0 amide bonds. The third-order valence-corrected chi connectivity index (χ3v) is 9.72. The summed E-state index contributed by atoms with van der Waals surface area (Å²) in [4.78, 5) is 14.0. The fourth-order valence-electron chi connectivity index (χ4n) is 7.16. The quantitative estimate of drug-likeness (QED) is 0.185. The first kappa shape index (κ1) is 42.4. The number of fused-ring (bicyclic) bond motifs is 1. The van der Waals surface area contributed by atoms with Gasteiger partial charge in [-0.25, -0.2) is 0 Å². The van der Waals surface area contributed by atoms with Crippen LogP contribution >= 0.6 is 0 Å². The van der Waals surface area contributed by atoms with Crippen molar-refractivity contribution < 1.29 is 75.5 Å². The lowest BCUT2D eigenvalue weighted by Crippen LogP contribution is -2.62. The highest BCUT2D eigenvalue weighted by Crippen LogP contribution is 2.45. The Balaban J connectivity index is 1.53. The van der Waals surface area contributed by atoms with Crippen LogP contribution in [-0.2, 0) is 47.4 Å². The molecule has 0 saturated carbocycles. The predicted octanol–water partition coefficient (Wildman–Crippen LogP) is 3.08. The van der Waals surface area contributed by atoms with E-state index in [1.165, 1.54) is 47.7 Å². The maximum Gasteiger partial charge on any atom is 0.229 e. The van der Waals surface area contributed by atoms with Crippen LogP contribution in [0, 0.1) is 0 Å². The van der Waals surface area contributed by atoms with Crippen LogP contribution in [0.4, 0.5) is 0 Å². The van der Waals surface area contributed by atoms with Gasteiger partial charge in [0.15, 0.2) is 28.4 Å². The van der Waals surface area contributed by atoms with Crippen molar-refractivity contribution in [3.8, 4) is 40.1 Å². The van der Waals surface area contributed by atoms with Crippen molar-refractivity contribution >= 4 is 11.0 Å². The summed E-state index contributed by atoms with van der Waals surface area (Å²) >= 11 is 0. The summed E-state index contributed by atoms with van der Waals surface area (Å²) in [7, 11) is 16.7. The molecule has 0 aliphatic carbocycles. The maximum atomic E-state index is 14.0. The van der Waals surface area contributed by atoms with E-state index in [9.17, 15) is 4.79 Å². The second-order valence-electron chi connectivity index (χ2n) is 12.6. The Labute approximate surface area is 319 Å². The SMILES string of the molecule is COC[C@H]1O[C@@H](Oc2cc(-c3cc(=O)c4c(OC)c(O[C@@H]5O[C@H](COC)[C@@H](OC)[C@H](OC)[C@H]5OC)c(OC)cc4o3)ccc2OC)[C@H](OC)[C@@H](OC)[C@@H]1OC. The molecule has 2 saturated heterocycles. The summed E-state index contributed by atoms with van der Waals surface area (Å²) in [6, 6.07) is 7.96. The van der Waals surface area contributed by atoms with Crippen molar-refractivity contribution in [2.24, 2.45) is 0 Å². The first-order valence-electron chi connectivity index (χ1n) is 17.4. The zero-order valence-electron chi connectivity index (χ0n) is 33.0. The lowest BCUT2D eigenvalue weighted by Gasteiger charge is -2.44. The molecular weight excluding hydrogens is 728 g/mol. The van der Waals surface area contributed by atoms with Gasteiger partial charge in [-0.05, 0) is 18.2 Å². The summed E-state index contributed by atoms with van der Waals surface area (Å²) in [5, 5.41) is 0.101. The van der Waals surface area contributed by atoms with Crippen LogP contribution in [0.2, 0.25) is 0 Å². The van der Waals surface area contributed by atoms with E-state index in [1.807, 2.05) is 0 Å². The van der Waals surface area contributed by atoms with Gasteiger partial charge in [0.1, 0.15) is 65.6 Å². The first-order valence-corrected chi connectivity index (χ1v) is 17.4. The highest BCUT2D eigenvalue weighted by molar-refractivity contribution is 5.90.